The molecule has 0 unspecified atom stereocenters. The molecular formula is C15H22N2O2. The molecular weight excluding hydrogens is 240 g/mol. The zero-order chi connectivity index (χ0) is 14.2. The minimum atomic E-state index is 0.0607. The molecule has 19 heavy (non-hydrogen) atoms. The zero-order valence-electron chi connectivity index (χ0n) is 12.1. The van der Waals surface area contributed by atoms with Gasteiger partial charge in [0.25, 0.3) is 0 Å². The second-order valence-electron chi connectivity index (χ2n) is 5.46. The molecule has 2 N–H and O–H groups in total. The summed E-state index contributed by atoms with van der Waals surface area (Å²) >= 11 is 0. The molecule has 2 rings (SSSR count). The Labute approximate surface area is 114 Å². The van der Waals surface area contributed by atoms with Crippen molar-refractivity contribution in [1.82, 2.24) is 0 Å². The Morgan fingerprint density at radius 1 is 1.37 bits per heavy atom. The lowest BCUT2D eigenvalue weighted by molar-refractivity contribution is -0.124. The second-order valence-corrected chi connectivity index (χ2v) is 5.46. The van der Waals surface area contributed by atoms with Gasteiger partial charge in [-0.25, -0.2) is 0 Å². The van der Waals surface area contributed by atoms with E-state index >= 15 is 0 Å². The predicted octanol–water partition coefficient (Wildman–Crippen LogP) is 2.01. The summed E-state index contributed by atoms with van der Waals surface area (Å²) < 4.78 is 5.44. The van der Waals surface area contributed by atoms with Gasteiger partial charge < -0.3 is 15.4 Å². The fourth-order valence-electron chi connectivity index (χ4n) is 2.70. The average Bonchev–Trinajstić information content (AvgIpc) is 2.32. The molecule has 1 amide bonds. The topological polar surface area (TPSA) is 55.6 Å². The number of ether oxygens (including phenoxy) is 1. The average molecular weight is 262 g/mol. The van der Waals surface area contributed by atoms with Crippen LogP contribution in [0.3, 0.4) is 0 Å². The first-order valence-electron chi connectivity index (χ1n) is 6.62. The summed E-state index contributed by atoms with van der Waals surface area (Å²) in [6, 6.07) is 4.23. The minimum Gasteiger partial charge on any atom is -0.494 e. The molecule has 0 saturated heterocycles. The highest BCUT2D eigenvalue weighted by molar-refractivity contribution is 5.96. The van der Waals surface area contributed by atoms with E-state index in [2.05, 4.69) is 6.07 Å². The number of anilines is 1. The maximum absolute atomic E-state index is 12.4. The van der Waals surface area contributed by atoms with E-state index in [9.17, 15) is 4.79 Å². The molecule has 0 aliphatic heterocycles. The van der Waals surface area contributed by atoms with E-state index < -0.39 is 0 Å². The molecule has 0 bridgehead atoms. The molecule has 1 aromatic rings. The number of methoxy groups -OCH3 is 1. The van der Waals surface area contributed by atoms with Gasteiger partial charge >= 0.3 is 0 Å². The third-order valence-electron chi connectivity index (χ3n) is 3.82. The molecule has 0 aromatic heterocycles. The maximum atomic E-state index is 12.4. The summed E-state index contributed by atoms with van der Waals surface area (Å²) in [4.78, 5) is 14.1. The molecule has 0 radical (unpaired) electrons. The van der Waals surface area contributed by atoms with Gasteiger partial charge in [0.15, 0.2) is 0 Å². The lowest BCUT2D eigenvalue weighted by Gasteiger charge is -2.34. The molecule has 104 valence electrons. The minimum absolute atomic E-state index is 0.0607. The van der Waals surface area contributed by atoms with Gasteiger partial charge in [0, 0.05) is 19.0 Å². The first-order chi connectivity index (χ1) is 8.93. The Bertz CT molecular complexity index is 493. The molecule has 1 aliphatic rings. The first-order valence-corrected chi connectivity index (χ1v) is 6.62. The fourth-order valence-corrected chi connectivity index (χ4v) is 2.70. The van der Waals surface area contributed by atoms with Gasteiger partial charge in [0.1, 0.15) is 5.75 Å². The van der Waals surface area contributed by atoms with E-state index in [1.807, 2.05) is 27.0 Å². The van der Waals surface area contributed by atoms with Crippen LogP contribution in [0.15, 0.2) is 12.1 Å². The van der Waals surface area contributed by atoms with Crippen molar-refractivity contribution in [2.24, 2.45) is 11.7 Å². The number of amides is 1. The van der Waals surface area contributed by atoms with Gasteiger partial charge in [0.05, 0.1) is 12.8 Å². The smallest absolute Gasteiger partial charge is 0.230 e. The summed E-state index contributed by atoms with van der Waals surface area (Å²) in [7, 11) is 3.45. The number of aryl methyl sites for hydroxylation is 2. The van der Waals surface area contributed by atoms with Crippen molar-refractivity contribution in [1.29, 1.82) is 0 Å². The van der Waals surface area contributed by atoms with Crippen LogP contribution in [0.2, 0.25) is 0 Å². The molecule has 1 fully saturated rings. The lowest BCUT2D eigenvalue weighted by Crippen LogP contribution is -2.45. The van der Waals surface area contributed by atoms with Gasteiger partial charge in [-0.1, -0.05) is 6.07 Å². The van der Waals surface area contributed by atoms with E-state index in [1.54, 1.807) is 12.0 Å². The highest BCUT2D eigenvalue weighted by atomic mass is 16.5. The Balaban J connectivity index is 2.27. The molecule has 1 saturated carbocycles. The standard InChI is InChI=1S/C15H22N2O2/c1-9-5-10(2)14(19-4)13(6-9)17(3)15(18)11-7-12(16)8-11/h5-6,11-12H,7-8,16H2,1-4H3. The molecule has 1 aliphatic carbocycles. The van der Waals surface area contributed by atoms with E-state index in [1.165, 1.54) is 0 Å². The summed E-state index contributed by atoms with van der Waals surface area (Å²) in [6.45, 7) is 4.01. The van der Waals surface area contributed by atoms with E-state index in [-0.39, 0.29) is 17.9 Å². The van der Waals surface area contributed by atoms with Gasteiger partial charge in [0.2, 0.25) is 5.91 Å². The zero-order valence-corrected chi connectivity index (χ0v) is 12.1. The highest BCUT2D eigenvalue weighted by Crippen LogP contribution is 2.35. The van der Waals surface area contributed by atoms with Crippen molar-refractivity contribution in [2.75, 3.05) is 19.1 Å². The van der Waals surface area contributed by atoms with Gasteiger partial charge in [-0.05, 0) is 43.9 Å². The Morgan fingerprint density at radius 3 is 2.53 bits per heavy atom. The van der Waals surface area contributed by atoms with Gasteiger partial charge in [-0.3, -0.25) is 4.79 Å². The Kier molecular flexibility index (Phi) is 3.80. The highest BCUT2D eigenvalue weighted by Gasteiger charge is 2.34. The number of rotatable bonds is 3. The van der Waals surface area contributed by atoms with E-state index in [0.29, 0.717) is 0 Å². The van der Waals surface area contributed by atoms with Crippen LogP contribution in [0.5, 0.6) is 5.75 Å². The fraction of sp³-hybridized carbons (Fsp3) is 0.533. The number of benzene rings is 1. The molecule has 1 aromatic carbocycles. The van der Waals surface area contributed by atoms with E-state index in [0.717, 1.165) is 35.4 Å². The maximum Gasteiger partial charge on any atom is 0.230 e. The lowest BCUT2D eigenvalue weighted by atomic mass is 9.80. The van der Waals surface area contributed by atoms with Crippen LogP contribution >= 0.6 is 0 Å². The largest absolute Gasteiger partial charge is 0.494 e. The Hall–Kier alpha value is -1.55. The first kappa shape index (κ1) is 13.9. The number of hydrogen-bond acceptors (Lipinski definition) is 3. The van der Waals surface area contributed by atoms with Gasteiger partial charge in [-0.15, -0.1) is 0 Å². The number of carbonyl (C=O) groups excluding carboxylic acids is 1. The van der Waals surface area contributed by atoms with Crippen molar-refractivity contribution < 1.29 is 9.53 Å². The molecule has 0 spiro atoms. The van der Waals surface area contributed by atoms with E-state index in [4.69, 9.17) is 10.5 Å². The van der Waals surface area contributed by atoms with Crippen LogP contribution in [-0.2, 0) is 4.79 Å². The molecule has 0 heterocycles. The van der Waals surface area contributed by atoms with Crippen LogP contribution in [0.1, 0.15) is 24.0 Å². The number of nitrogens with zero attached hydrogens (tertiary/aromatic N) is 1. The quantitative estimate of drug-likeness (QED) is 0.906. The van der Waals surface area contributed by atoms with Crippen molar-refractivity contribution >= 4 is 11.6 Å². The van der Waals surface area contributed by atoms with Crippen molar-refractivity contribution in [2.45, 2.75) is 32.7 Å². The summed E-state index contributed by atoms with van der Waals surface area (Å²) in [5.74, 6) is 0.959. The summed E-state index contributed by atoms with van der Waals surface area (Å²) in [6.07, 6.45) is 1.58. The number of nitrogens with two attached hydrogens (primary N) is 1. The van der Waals surface area contributed by atoms with Gasteiger partial charge in [-0.2, -0.15) is 0 Å². The van der Waals surface area contributed by atoms with Crippen LogP contribution in [0.25, 0.3) is 0 Å². The SMILES string of the molecule is COc1c(C)cc(C)cc1N(C)C(=O)C1CC(N)C1. The number of carbonyl (C=O) groups is 1. The predicted molar refractivity (Wildman–Crippen MR) is 76.6 cm³/mol. The van der Waals surface area contributed by atoms with Crippen LogP contribution in [0.4, 0.5) is 5.69 Å². The van der Waals surface area contributed by atoms with Crippen molar-refractivity contribution in [3.63, 3.8) is 0 Å². The molecule has 4 nitrogen and oxygen atoms in total. The third-order valence-corrected chi connectivity index (χ3v) is 3.82. The van der Waals surface area contributed by atoms with Crippen LogP contribution in [0, 0.1) is 19.8 Å². The number of hydrogen-bond donors (Lipinski definition) is 1. The van der Waals surface area contributed by atoms with Crippen molar-refractivity contribution in [3.05, 3.63) is 23.3 Å². The van der Waals surface area contributed by atoms with Crippen molar-refractivity contribution in [3.8, 4) is 5.75 Å². The molecule has 0 atom stereocenters. The van der Waals surface area contributed by atoms with Crippen LogP contribution in [-0.4, -0.2) is 26.1 Å². The second kappa shape index (κ2) is 5.21. The van der Waals surface area contributed by atoms with Crippen LogP contribution < -0.4 is 15.4 Å². The normalized spacial score (nSPS) is 21.7. The molecule has 4 heteroatoms. The Morgan fingerprint density at radius 2 is 2.00 bits per heavy atom. The summed E-state index contributed by atoms with van der Waals surface area (Å²) in [5.41, 5.74) is 8.76. The monoisotopic (exact) mass is 262 g/mol. The summed E-state index contributed by atoms with van der Waals surface area (Å²) in [5, 5.41) is 0. The third kappa shape index (κ3) is 2.59.